The highest BCUT2D eigenvalue weighted by atomic mass is 32.2. The molecular weight excluding hydrogens is 384 g/mol. The second-order valence-electron chi connectivity index (χ2n) is 7.46. The number of benzene rings is 2. The van der Waals surface area contributed by atoms with Crippen molar-refractivity contribution >= 4 is 29.3 Å². The number of fused-ring (bicyclic) bond motifs is 2. The number of piperidine rings is 1. The largest absolute Gasteiger partial charge is 0.493 e. The molecule has 6 heteroatoms. The normalized spacial score (nSPS) is 18.7. The van der Waals surface area contributed by atoms with Crippen LogP contribution in [0, 0.1) is 0 Å². The molecule has 2 heterocycles. The Bertz CT molecular complexity index is 872. The molecule has 1 unspecified atom stereocenters. The fraction of sp³-hybridized carbons (Fsp3) is 0.391. The lowest BCUT2D eigenvalue weighted by Gasteiger charge is -2.37. The maximum Gasteiger partial charge on any atom is 0.257 e. The Kier molecular flexibility index (Phi) is 6.39. The first-order valence-electron chi connectivity index (χ1n) is 10.3. The van der Waals surface area contributed by atoms with Crippen LogP contribution in [0.3, 0.4) is 0 Å². The van der Waals surface area contributed by atoms with E-state index in [9.17, 15) is 9.59 Å². The number of hydrogen-bond acceptors (Lipinski definition) is 4. The van der Waals surface area contributed by atoms with E-state index in [-0.39, 0.29) is 17.9 Å². The number of carbonyl (C=O) groups is 2. The van der Waals surface area contributed by atoms with Gasteiger partial charge < -0.3 is 15.0 Å². The molecule has 29 heavy (non-hydrogen) atoms. The molecule has 2 aromatic rings. The zero-order valence-corrected chi connectivity index (χ0v) is 17.2. The molecule has 2 aliphatic heterocycles. The van der Waals surface area contributed by atoms with Gasteiger partial charge in [-0.3, -0.25) is 9.59 Å². The fourth-order valence-corrected chi connectivity index (χ4v) is 4.80. The summed E-state index contributed by atoms with van der Waals surface area (Å²) in [5.41, 5.74) is 1.19. The second-order valence-corrected chi connectivity index (χ2v) is 8.62. The molecule has 0 aromatic heterocycles. The van der Waals surface area contributed by atoms with Crippen LogP contribution in [0.1, 0.15) is 42.5 Å². The van der Waals surface area contributed by atoms with E-state index in [1.807, 2.05) is 41.3 Å². The van der Waals surface area contributed by atoms with Crippen LogP contribution in [0.4, 0.5) is 5.69 Å². The van der Waals surface area contributed by atoms with Crippen LogP contribution in [0.15, 0.2) is 53.4 Å². The third kappa shape index (κ3) is 4.93. The molecule has 1 fully saturated rings. The number of nitrogens with one attached hydrogen (secondary N) is 1. The molecule has 0 bridgehead atoms. The van der Waals surface area contributed by atoms with Crippen molar-refractivity contribution in [3.05, 3.63) is 54.1 Å². The van der Waals surface area contributed by atoms with Gasteiger partial charge in [0.1, 0.15) is 5.75 Å². The number of anilines is 1. The molecule has 2 aliphatic rings. The third-order valence-corrected chi connectivity index (χ3v) is 6.45. The predicted octanol–water partition coefficient (Wildman–Crippen LogP) is 4.58. The molecule has 0 saturated carbocycles. The molecule has 2 aromatic carbocycles. The minimum absolute atomic E-state index is 0.0140. The molecule has 2 amide bonds. The predicted molar refractivity (Wildman–Crippen MR) is 116 cm³/mol. The maximum atomic E-state index is 13.1. The van der Waals surface area contributed by atoms with Gasteiger partial charge >= 0.3 is 0 Å². The van der Waals surface area contributed by atoms with Gasteiger partial charge in [0, 0.05) is 41.8 Å². The molecule has 0 spiro atoms. The lowest BCUT2D eigenvalue weighted by molar-refractivity contribution is -0.115. The van der Waals surface area contributed by atoms with Crippen molar-refractivity contribution in [1.29, 1.82) is 0 Å². The number of hydrogen-bond donors (Lipinski definition) is 1. The molecule has 5 nitrogen and oxygen atoms in total. The van der Waals surface area contributed by atoms with Crippen molar-refractivity contribution in [3.63, 3.8) is 0 Å². The van der Waals surface area contributed by atoms with Crippen molar-refractivity contribution < 1.29 is 14.3 Å². The van der Waals surface area contributed by atoms with Gasteiger partial charge in [0.25, 0.3) is 5.91 Å². The number of ether oxygens (including phenoxy) is 1. The minimum atomic E-state index is -0.0524. The maximum absolute atomic E-state index is 13.1. The van der Waals surface area contributed by atoms with Gasteiger partial charge in [0.15, 0.2) is 0 Å². The summed E-state index contributed by atoms with van der Waals surface area (Å²) >= 11 is 1.66. The Morgan fingerprint density at radius 2 is 2.00 bits per heavy atom. The zero-order valence-electron chi connectivity index (χ0n) is 16.4. The van der Waals surface area contributed by atoms with Crippen LogP contribution in [0.25, 0.3) is 0 Å². The molecule has 1 saturated heterocycles. The van der Waals surface area contributed by atoms with E-state index in [0.717, 1.165) is 30.7 Å². The average Bonchev–Trinajstić information content (AvgIpc) is 2.74. The Balaban J connectivity index is 1.40. The van der Waals surface area contributed by atoms with E-state index in [2.05, 4.69) is 5.32 Å². The molecule has 1 atom stereocenters. The highest BCUT2D eigenvalue weighted by Gasteiger charge is 2.31. The van der Waals surface area contributed by atoms with Gasteiger partial charge in [-0.15, -0.1) is 11.8 Å². The summed E-state index contributed by atoms with van der Waals surface area (Å²) in [7, 11) is 0. The van der Waals surface area contributed by atoms with Crippen molar-refractivity contribution in [2.45, 2.75) is 43.0 Å². The van der Waals surface area contributed by atoms with E-state index < -0.39 is 0 Å². The topological polar surface area (TPSA) is 58.6 Å². The first-order valence-corrected chi connectivity index (χ1v) is 11.2. The van der Waals surface area contributed by atoms with Crippen LogP contribution in [-0.4, -0.2) is 41.7 Å². The van der Waals surface area contributed by atoms with Crippen LogP contribution in [-0.2, 0) is 4.79 Å². The van der Waals surface area contributed by atoms with Crippen molar-refractivity contribution in [2.75, 3.05) is 24.2 Å². The van der Waals surface area contributed by atoms with Crippen molar-refractivity contribution in [3.8, 4) is 5.75 Å². The van der Waals surface area contributed by atoms with Crippen LogP contribution >= 0.6 is 11.8 Å². The van der Waals surface area contributed by atoms with Gasteiger partial charge in [0.05, 0.1) is 12.2 Å². The summed E-state index contributed by atoms with van der Waals surface area (Å²) in [5.74, 6) is 1.28. The molecular formula is C23H26N2O3S. The first-order chi connectivity index (χ1) is 14.2. The standard InChI is InChI=1S/C23H26N2O3S/c26-22(12-15-29-19-7-2-1-3-8-19)24-17-9-10-21-20(16-17)23(27)25-13-5-4-6-18(25)11-14-28-21/h1-3,7-10,16,18H,4-6,11-15H2,(H,24,26). The Labute approximate surface area is 175 Å². The quantitative estimate of drug-likeness (QED) is 0.733. The highest BCUT2D eigenvalue weighted by molar-refractivity contribution is 7.99. The minimum Gasteiger partial charge on any atom is -0.493 e. The van der Waals surface area contributed by atoms with E-state index in [0.29, 0.717) is 35.8 Å². The number of carbonyl (C=O) groups excluding carboxylic acids is 2. The smallest absolute Gasteiger partial charge is 0.257 e. The lowest BCUT2D eigenvalue weighted by Crippen LogP contribution is -2.45. The van der Waals surface area contributed by atoms with E-state index in [1.54, 1.807) is 23.9 Å². The van der Waals surface area contributed by atoms with Gasteiger partial charge in [-0.25, -0.2) is 0 Å². The second kappa shape index (κ2) is 9.35. The molecule has 4 rings (SSSR count). The third-order valence-electron chi connectivity index (χ3n) is 5.43. The van der Waals surface area contributed by atoms with Gasteiger partial charge in [0.2, 0.25) is 5.91 Å². The number of amides is 2. The lowest BCUT2D eigenvalue weighted by atomic mass is 9.97. The zero-order chi connectivity index (χ0) is 20.1. The van der Waals surface area contributed by atoms with E-state index >= 15 is 0 Å². The van der Waals surface area contributed by atoms with Crippen molar-refractivity contribution in [1.82, 2.24) is 4.90 Å². The van der Waals surface area contributed by atoms with Crippen LogP contribution in [0.5, 0.6) is 5.75 Å². The SMILES string of the molecule is O=C(CCSc1ccccc1)Nc1ccc2c(c1)C(=O)N1CCCCC1CCO2. The van der Waals surface area contributed by atoms with Crippen LogP contribution in [0.2, 0.25) is 0 Å². The summed E-state index contributed by atoms with van der Waals surface area (Å²) in [5, 5.41) is 2.93. The summed E-state index contributed by atoms with van der Waals surface area (Å²) in [6.45, 7) is 1.42. The van der Waals surface area contributed by atoms with Crippen molar-refractivity contribution in [2.24, 2.45) is 0 Å². The van der Waals surface area contributed by atoms with Gasteiger partial charge in [-0.2, -0.15) is 0 Å². The number of nitrogens with zero attached hydrogens (tertiary/aromatic N) is 1. The van der Waals surface area contributed by atoms with E-state index in [4.69, 9.17) is 4.74 Å². The Morgan fingerprint density at radius 3 is 2.86 bits per heavy atom. The fourth-order valence-electron chi connectivity index (χ4n) is 3.93. The van der Waals surface area contributed by atoms with Gasteiger partial charge in [-0.05, 0) is 49.6 Å². The average molecular weight is 411 g/mol. The Morgan fingerprint density at radius 1 is 1.14 bits per heavy atom. The summed E-state index contributed by atoms with van der Waals surface area (Å²) in [6.07, 6.45) is 4.55. The summed E-state index contributed by atoms with van der Waals surface area (Å²) in [4.78, 5) is 28.6. The first kappa shape index (κ1) is 19.8. The number of thioether (sulfide) groups is 1. The molecule has 0 radical (unpaired) electrons. The Hall–Kier alpha value is -2.47. The van der Waals surface area contributed by atoms with Crippen LogP contribution < -0.4 is 10.1 Å². The number of rotatable bonds is 5. The van der Waals surface area contributed by atoms with E-state index in [1.165, 1.54) is 6.42 Å². The molecule has 0 aliphatic carbocycles. The van der Waals surface area contributed by atoms with Gasteiger partial charge in [-0.1, -0.05) is 18.2 Å². The highest BCUT2D eigenvalue weighted by Crippen LogP contribution is 2.31. The molecule has 152 valence electrons. The summed E-state index contributed by atoms with van der Waals surface area (Å²) in [6, 6.07) is 15.7. The monoisotopic (exact) mass is 410 g/mol. The summed E-state index contributed by atoms with van der Waals surface area (Å²) < 4.78 is 5.86. The molecule has 1 N–H and O–H groups in total.